The van der Waals surface area contributed by atoms with Crippen molar-refractivity contribution in [2.24, 2.45) is 0 Å². The molecule has 0 radical (unpaired) electrons. The van der Waals surface area contributed by atoms with Crippen LogP contribution >= 0.6 is 0 Å². The monoisotopic (exact) mass is 402 g/mol. The summed E-state index contributed by atoms with van der Waals surface area (Å²) in [7, 11) is 0. The number of hydrogen-bond acceptors (Lipinski definition) is 6. The van der Waals surface area contributed by atoms with Crippen molar-refractivity contribution in [2.75, 3.05) is 6.54 Å². The summed E-state index contributed by atoms with van der Waals surface area (Å²) >= 11 is 0. The van der Waals surface area contributed by atoms with E-state index in [1.165, 1.54) is 0 Å². The first-order valence-corrected chi connectivity index (χ1v) is 10.2. The standard InChI is InChI=1S/C22H30N2O5/c1-14(19(25)24-12-8-11-17(24)21(27)29-22(2,3)4)23-16-13-18(28-20(16)26)15-9-6-5-7-10-15/h5-7,9-10,14,16-18,23H,8,11-13H2,1-4H3/t14-,16-,17-,18-/m0/s1. The second-order valence-corrected chi connectivity index (χ2v) is 8.74. The summed E-state index contributed by atoms with van der Waals surface area (Å²) in [5, 5.41) is 3.09. The van der Waals surface area contributed by atoms with Crippen molar-refractivity contribution in [1.82, 2.24) is 10.2 Å². The van der Waals surface area contributed by atoms with Crippen LogP contribution in [0.3, 0.4) is 0 Å². The minimum absolute atomic E-state index is 0.200. The van der Waals surface area contributed by atoms with Crippen LogP contribution in [0.15, 0.2) is 30.3 Å². The Kier molecular flexibility index (Phi) is 6.27. The van der Waals surface area contributed by atoms with Gasteiger partial charge in [-0.05, 0) is 46.1 Å². The molecule has 0 aromatic heterocycles. The largest absolute Gasteiger partial charge is 0.458 e. The molecule has 1 aromatic carbocycles. The summed E-state index contributed by atoms with van der Waals surface area (Å²) in [6.45, 7) is 7.66. The minimum Gasteiger partial charge on any atom is -0.458 e. The summed E-state index contributed by atoms with van der Waals surface area (Å²) in [6.07, 6.45) is 1.50. The molecule has 1 N–H and O–H groups in total. The van der Waals surface area contributed by atoms with Gasteiger partial charge in [0.15, 0.2) is 0 Å². The van der Waals surface area contributed by atoms with Gasteiger partial charge in [-0.2, -0.15) is 0 Å². The van der Waals surface area contributed by atoms with Crippen molar-refractivity contribution in [3.8, 4) is 0 Å². The van der Waals surface area contributed by atoms with E-state index in [2.05, 4.69) is 5.32 Å². The summed E-state index contributed by atoms with van der Waals surface area (Å²) < 4.78 is 10.9. The molecule has 29 heavy (non-hydrogen) atoms. The number of cyclic esters (lactones) is 1. The molecule has 3 rings (SSSR count). The Hall–Kier alpha value is -2.41. The Morgan fingerprint density at radius 2 is 1.93 bits per heavy atom. The summed E-state index contributed by atoms with van der Waals surface area (Å²) in [5.74, 6) is -0.932. The predicted molar refractivity (Wildman–Crippen MR) is 107 cm³/mol. The highest BCUT2D eigenvalue weighted by Gasteiger charge is 2.41. The topological polar surface area (TPSA) is 84.9 Å². The van der Waals surface area contributed by atoms with Gasteiger partial charge < -0.3 is 14.4 Å². The van der Waals surface area contributed by atoms with Crippen molar-refractivity contribution in [3.05, 3.63) is 35.9 Å². The molecule has 0 spiro atoms. The maximum Gasteiger partial charge on any atom is 0.329 e. The SMILES string of the molecule is C[C@H](N[C@H]1C[C@@H](c2ccccc2)OC1=O)C(=O)N1CCC[C@H]1C(=O)OC(C)(C)C. The molecule has 0 bridgehead atoms. The van der Waals surface area contributed by atoms with Crippen molar-refractivity contribution < 1.29 is 23.9 Å². The van der Waals surface area contributed by atoms with E-state index in [-0.39, 0.29) is 23.9 Å². The fraction of sp³-hybridized carbons (Fsp3) is 0.591. The van der Waals surface area contributed by atoms with E-state index >= 15 is 0 Å². The number of nitrogens with zero attached hydrogens (tertiary/aromatic N) is 1. The highest BCUT2D eigenvalue weighted by atomic mass is 16.6. The van der Waals surface area contributed by atoms with E-state index in [4.69, 9.17) is 9.47 Å². The van der Waals surface area contributed by atoms with Crippen molar-refractivity contribution in [3.63, 3.8) is 0 Å². The van der Waals surface area contributed by atoms with Gasteiger partial charge in [0.1, 0.15) is 23.8 Å². The van der Waals surface area contributed by atoms with Gasteiger partial charge in [-0.1, -0.05) is 30.3 Å². The number of ether oxygens (including phenoxy) is 2. The third kappa shape index (κ3) is 5.15. The van der Waals surface area contributed by atoms with Crippen LogP contribution in [-0.2, 0) is 23.9 Å². The highest BCUT2D eigenvalue weighted by molar-refractivity contribution is 5.89. The van der Waals surface area contributed by atoms with Crippen molar-refractivity contribution in [1.29, 1.82) is 0 Å². The molecule has 1 amide bonds. The molecule has 2 aliphatic rings. The third-order valence-corrected chi connectivity index (χ3v) is 5.20. The zero-order valence-electron chi connectivity index (χ0n) is 17.5. The van der Waals surface area contributed by atoms with Gasteiger partial charge in [-0.3, -0.25) is 14.9 Å². The molecule has 0 aliphatic carbocycles. The number of carbonyl (C=O) groups is 3. The zero-order chi connectivity index (χ0) is 21.2. The van der Waals surface area contributed by atoms with E-state index < -0.39 is 23.7 Å². The Labute approximate surface area is 171 Å². The number of amides is 1. The maximum atomic E-state index is 13.0. The molecule has 2 fully saturated rings. The minimum atomic E-state index is -0.606. The molecule has 2 saturated heterocycles. The maximum absolute atomic E-state index is 13.0. The molecule has 4 atom stereocenters. The second kappa shape index (κ2) is 8.53. The van der Waals surface area contributed by atoms with E-state index in [1.807, 2.05) is 51.1 Å². The fourth-order valence-electron chi connectivity index (χ4n) is 3.86. The quantitative estimate of drug-likeness (QED) is 0.761. The lowest BCUT2D eigenvalue weighted by Crippen LogP contribution is -2.52. The fourth-order valence-corrected chi connectivity index (χ4v) is 3.86. The van der Waals surface area contributed by atoms with Crippen molar-refractivity contribution in [2.45, 2.75) is 76.8 Å². The van der Waals surface area contributed by atoms with Crippen LogP contribution in [0, 0.1) is 0 Å². The molecule has 7 heteroatoms. The van der Waals surface area contributed by atoms with E-state index in [0.717, 1.165) is 12.0 Å². The average Bonchev–Trinajstić information content (AvgIpc) is 3.28. The smallest absolute Gasteiger partial charge is 0.329 e. The van der Waals surface area contributed by atoms with Gasteiger partial charge in [-0.15, -0.1) is 0 Å². The number of hydrogen-bond donors (Lipinski definition) is 1. The third-order valence-electron chi connectivity index (χ3n) is 5.20. The molecule has 158 valence electrons. The predicted octanol–water partition coefficient (Wildman–Crippen LogP) is 2.35. The number of nitrogens with one attached hydrogen (secondary N) is 1. The Bertz CT molecular complexity index is 758. The van der Waals surface area contributed by atoms with Gasteiger partial charge in [0.05, 0.1) is 6.04 Å². The Balaban J connectivity index is 1.60. The first kappa shape index (κ1) is 21.3. The normalized spacial score (nSPS) is 25.6. The molecule has 2 heterocycles. The van der Waals surface area contributed by atoms with Crippen LogP contribution in [0.4, 0.5) is 0 Å². The van der Waals surface area contributed by atoms with Gasteiger partial charge >= 0.3 is 11.9 Å². The Morgan fingerprint density at radius 3 is 2.59 bits per heavy atom. The van der Waals surface area contributed by atoms with E-state index in [0.29, 0.717) is 19.4 Å². The van der Waals surface area contributed by atoms with Gasteiger partial charge in [0.2, 0.25) is 5.91 Å². The van der Waals surface area contributed by atoms with Crippen LogP contribution in [0.25, 0.3) is 0 Å². The van der Waals surface area contributed by atoms with E-state index in [1.54, 1.807) is 11.8 Å². The van der Waals surface area contributed by atoms with Gasteiger partial charge in [0, 0.05) is 13.0 Å². The lowest BCUT2D eigenvalue weighted by Gasteiger charge is -2.29. The van der Waals surface area contributed by atoms with Crippen LogP contribution in [0.5, 0.6) is 0 Å². The Morgan fingerprint density at radius 1 is 1.24 bits per heavy atom. The van der Waals surface area contributed by atoms with Crippen LogP contribution < -0.4 is 5.32 Å². The summed E-state index contributed by atoms with van der Waals surface area (Å²) in [6, 6.07) is 7.83. The van der Waals surface area contributed by atoms with Crippen molar-refractivity contribution >= 4 is 17.8 Å². The van der Waals surface area contributed by atoms with E-state index in [9.17, 15) is 14.4 Å². The lowest BCUT2D eigenvalue weighted by atomic mass is 10.0. The molecule has 0 unspecified atom stereocenters. The molecule has 1 aromatic rings. The number of esters is 2. The molecule has 0 saturated carbocycles. The summed E-state index contributed by atoms with van der Waals surface area (Å²) in [5.41, 5.74) is 0.340. The molecular weight excluding hydrogens is 372 g/mol. The summed E-state index contributed by atoms with van der Waals surface area (Å²) in [4.78, 5) is 39.3. The number of rotatable bonds is 5. The van der Waals surface area contributed by atoms with Crippen LogP contribution in [-0.4, -0.2) is 53.0 Å². The number of carbonyl (C=O) groups excluding carboxylic acids is 3. The van der Waals surface area contributed by atoms with Crippen LogP contribution in [0.2, 0.25) is 0 Å². The van der Waals surface area contributed by atoms with Crippen LogP contribution in [0.1, 0.15) is 58.6 Å². The first-order valence-electron chi connectivity index (χ1n) is 10.2. The van der Waals surface area contributed by atoms with Gasteiger partial charge in [-0.25, -0.2) is 4.79 Å². The lowest BCUT2D eigenvalue weighted by molar-refractivity contribution is -0.163. The average molecular weight is 402 g/mol. The first-order chi connectivity index (χ1) is 13.7. The molecule has 7 nitrogen and oxygen atoms in total. The highest BCUT2D eigenvalue weighted by Crippen LogP contribution is 2.30. The molecule has 2 aliphatic heterocycles. The second-order valence-electron chi connectivity index (χ2n) is 8.74. The zero-order valence-corrected chi connectivity index (χ0v) is 17.5. The number of likely N-dealkylation sites (tertiary alicyclic amines) is 1. The van der Waals surface area contributed by atoms with Gasteiger partial charge in [0.25, 0.3) is 0 Å². The number of benzene rings is 1. The molecular formula is C22H30N2O5.